The Balaban J connectivity index is 2.06. The molecule has 0 aromatic heterocycles. The van der Waals surface area contributed by atoms with E-state index in [1.807, 2.05) is 31.2 Å². The molecular formula is C17H23NO3. The molecule has 4 nitrogen and oxygen atoms in total. The molecule has 1 saturated heterocycles. The van der Waals surface area contributed by atoms with Gasteiger partial charge >= 0.3 is 5.97 Å². The number of amides is 1. The summed E-state index contributed by atoms with van der Waals surface area (Å²) in [5.41, 5.74) is 2.09. The van der Waals surface area contributed by atoms with Crippen molar-refractivity contribution in [2.45, 2.75) is 45.6 Å². The Morgan fingerprint density at radius 1 is 1.29 bits per heavy atom. The summed E-state index contributed by atoms with van der Waals surface area (Å²) in [6, 6.07) is 7.15. The topological polar surface area (TPSA) is 57.6 Å². The maximum Gasteiger partial charge on any atom is 0.326 e. The van der Waals surface area contributed by atoms with Crippen molar-refractivity contribution in [3.63, 3.8) is 0 Å². The SMILES string of the molecule is CCC1CCN(C(=O)Cc2ccc(C)cc2)C(C(=O)O)C1. The summed E-state index contributed by atoms with van der Waals surface area (Å²) < 4.78 is 0. The Labute approximate surface area is 125 Å². The van der Waals surface area contributed by atoms with Crippen LogP contribution in [-0.4, -0.2) is 34.5 Å². The average molecular weight is 289 g/mol. The Morgan fingerprint density at radius 2 is 1.95 bits per heavy atom. The van der Waals surface area contributed by atoms with Gasteiger partial charge in [-0.05, 0) is 31.2 Å². The van der Waals surface area contributed by atoms with E-state index in [1.165, 1.54) is 0 Å². The first kappa shape index (κ1) is 15.5. The maximum atomic E-state index is 12.4. The molecule has 1 aliphatic heterocycles. The molecule has 0 saturated carbocycles. The summed E-state index contributed by atoms with van der Waals surface area (Å²) in [5.74, 6) is -0.555. The molecule has 0 spiro atoms. The predicted octanol–water partition coefficient (Wildman–Crippen LogP) is 2.64. The highest BCUT2D eigenvalue weighted by molar-refractivity contribution is 5.85. The number of carboxylic acid groups (broad SMARTS) is 1. The molecule has 1 aliphatic rings. The van der Waals surface area contributed by atoms with Crippen molar-refractivity contribution < 1.29 is 14.7 Å². The number of piperidine rings is 1. The second kappa shape index (κ2) is 6.74. The lowest BCUT2D eigenvalue weighted by atomic mass is 9.88. The van der Waals surface area contributed by atoms with Crippen LogP contribution >= 0.6 is 0 Å². The van der Waals surface area contributed by atoms with Gasteiger partial charge in [-0.3, -0.25) is 4.79 Å². The average Bonchev–Trinajstić information content (AvgIpc) is 2.48. The van der Waals surface area contributed by atoms with Crippen molar-refractivity contribution in [1.29, 1.82) is 0 Å². The molecule has 4 heteroatoms. The van der Waals surface area contributed by atoms with Gasteiger partial charge in [-0.2, -0.15) is 0 Å². The number of carbonyl (C=O) groups excluding carboxylic acids is 1. The molecule has 1 amide bonds. The van der Waals surface area contributed by atoms with E-state index in [2.05, 4.69) is 6.92 Å². The first-order valence-electron chi connectivity index (χ1n) is 7.59. The fourth-order valence-corrected chi connectivity index (χ4v) is 2.92. The van der Waals surface area contributed by atoms with Crippen LogP contribution in [-0.2, 0) is 16.0 Å². The van der Waals surface area contributed by atoms with Crippen LogP contribution in [0.2, 0.25) is 0 Å². The lowest BCUT2D eigenvalue weighted by molar-refractivity contribution is -0.152. The fraction of sp³-hybridized carbons (Fsp3) is 0.529. The van der Waals surface area contributed by atoms with Crippen LogP contribution in [0.15, 0.2) is 24.3 Å². The van der Waals surface area contributed by atoms with Gasteiger partial charge in [0.15, 0.2) is 0 Å². The molecule has 1 heterocycles. The zero-order chi connectivity index (χ0) is 15.4. The molecule has 0 bridgehead atoms. The van der Waals surface area contributed by atoms with Gasteiger partial charge in [-0.15, -0.1) is 0 Å². The smallest absolute Gasteiger partial charge is 0.326 e. The number of benzene rings is 1. The highest BCUT2D eigenvalue weighted by atomic mass is 16.4. The van der Waals surface area contributed by atoms with Gasteiger partial charge in [0.25, 0.3) is 0 Å². The molecule has 1 fully saturated rings. The van der Waals surface area contributed by atoms with Crippen molar-refractivity contribution >= 4 is 11.9 Å². The van der Waals surface area contributed by atoms with E-state index in [0.717, 1.165) is 24.0 Å². The van der Waals surface area contributed by atoms with Crippen LogP contribution in [0.1, 0.15) is 37.3 Å². The van der Waals surface area contributed by atoms with E-state index in [0.29, 0.717) is 18.9 Å². The number of hydrogen-bond acceptors (Lipinski definition) is 2. The van der Waals surface area contributed by atoms with Gasteiger partial charge in [0.05, 0.1) is 6.42 Å². The summed E-state index contributed by atoms with van der Waals surface area (Å²) in [6.45, 7) is 4.63. The van der Waals surface area contributed by atoms with Crippen LogP contribution in [0.5, 0.6) is 0 Å². The van der Waals surface area contributed by atoms with Crippen molar-refractivity contribution in [3.8, 4) is 0 Å². The number of aryl methyl sites for hydroxylation is 1. The lowest BCUT2D eigenvalue weighted by Gasteiger charge is -2.37. The molecule has 1 N–H and O–H groups in total. The normalized spacial score (nSPS) is 22.1. The number of nitrogens with zero attached hydrogens (tertiary/aromatic N) is 1. The number of rotatable bonds is 4. The van der Waals surface area contributed by atoms with Crippen LogP contribution in [0.4, 0.5) is 0 Å². The highest BCUT2D eigenvalue weighted by Crippen LogP contribution is 2.26. The second-order valence-corrected chi connectivity index (χ2v) is 5.90. The Hall–Kier alpha value is -1.84. The van der Waals surface area contributed by atoms with Crippen molar-refractivity contribution in [3.05, 3.63) is 35.4 Å². The van der Waals surface area contributed by atoms with Crippen LogP contribution in [0.25, 0.3) is 0 Å². The molecule has 2 rings (SSSR count). The van der Waals surface area contributed by atoms with Gasteiger partial charge in [0.1, 0.15) is 6.04 Å². The summed E-state index contributed by atoms with van der Waals surface area (Å²) in [6.07, 6.45) is 2.73. The largest absolute Gasteiger partial charge is 0.480 e. The van der Waals surface area contributed by atoms with Gasteiger partial charge in [-0.1, -0.05) is 43.2 Å². The van der Waals surface area contributed by atoms with Gasteiger partial charge < -0.3 is 10.0 Å². The van der Waals surface area contributed by atoms with Crippen molar-refractivity contribution in [2.24, 2.45) is 5.92 Å². The van der Waals surface area contributed by atoms with Crippen LogP contribution in [0.3, 0.4) is 0 Å². The van der Waals surface area contributed by atoms with E-state index in [9.17, 15) is 14.7 Å². The summed E-state index contributed by atoms with van der Waals surface area (Å²) in [5, 5.41) is 9.38. The molecule has 2 atom stereocenters. The quantitative estimate of drug-likeness (QED) is 0.927. The first-order valence-corrected chi connectivity index (χ1v) is 7.59. The van der Waals surface area contributed by atoms with E-state index in [1.54, 1.807) is 4.90 Å². The predicted molar refractivity (Wildman–Crippen MR) is 81.0 cm³/mol. The van der Waals surface area contributed by atoms with Gasteiger partial charge in [0.2, 0.25) is 5.91 Å². The molecule has 0 aliphatic carbocycles. The highest BCUT2D eigenvalue weighted by Gasteiger charge is 2.35. The maximum absolute atomic E-state index is 12.4. The number of carboxylic acids is 1. The van der Waals surface area contributed by atoms with Gasteiger partial charge in [-0.25, -0.2) is 4.79 Å². The summed E-state index contributed by atoms with van der Waals surface area (Å²) in [4.78, 5) is 25.4. The van der Waals surface area contributed by atoms with Crippen molar-refractivity contribution in [2.75, 3.05) is 6.54 Å². The van der Waals surface area contributed by atoms with E-state index < -0.39 is 12.0 Å². The van der Waals surface area contributed by atoms with Gasteiger partial charge in [0, 0.05) is 6.54 Å². The minimum Gasteiger partial charge on any atom is -0.480 e. The molecule has 114 valence electrons. The summed E-state index contributed by atoms with van der Waals surface area (Å²) >= 11 is 0. The third-order valence-corrected chi connectivity index (χ3v) is 4.37. The Morgan fingerprint density at radius 3 is 2.52 bits per heavy atom. The Kier molecular flexibility index (Phi) is 4.99. The molecule has 21 heavy (non-hydrogen) atoms. The third kappa shape index (κ3) is 3.84. The van der Waals surface area contributed by atoms with Crippen LogP contribution in [0, 0.1) is 12.8 Å². The van der Waals surface area contributed by atoms with E-state index in [-0.39, 0.29) is 12.3 Å². The minimum atomic E-state index is -0.884. The fourth-order valence-electron chi connectivity index (χ4n) is 2.92. The zero-order valence-corrected chi connectivity index (χ0v) is 12.7. The molecule has 1 aromatic carbocycles. The Bertz CT molecular complexity index is 509. The van der Waals surface area contributed by atoms with E-state index in [4.69, 9.17) is 0 Å². The number of carbonyl (C=O) groups is 2. The lowest BCUT2D eigenvalue weighted by Crippen LogP contribution is -2.50. The molecule has 0 radical (unpaired) electrons. The van der Waals surface area contributed by atoms with Crippen LogP contribution < -0.4 is 0 Å². The third-order valence-electron chi connectivity index (χ3n) is 4.37. The van der Waals surface area contributed by atoms with E-state index >= 15 is 0 Å². The molecular weight excluding hydrogens is 266 g/mol. The molecule has 1 aromatic rings. The second-order valence-electron chi connectivity index (χ2n) is 5.90. The number of hydrogen-bond donors (Lipinski definition) is 1. The summed E-state index contributed by atoms with van der Waals surface area (Å²) in [7, 11) is 0. The monoisotopic (exact) mass is 289 g/mol. The standard InChI is InChI=1S/C17H23NO3/c1-3-13-8-9-18(15(10-13)17(20)21)16(19)11-14-6-4-12(2)5-7-14/h4-7,13,15H,3,8-11H2,1-2H3,(H,20,21). The van der Waals surface area contributed by atoms with Crippen molar-refractivity contribution in [1.82, 2.24) is 4.90 Å². The minimum absolute atomic E-state index is 0.0826. The number of likely N-dealkylation sites (tertiary alicyclic amines) is 1. The first-order chi connectivity index (χ1) is 10.0. The number of aliphatic carboxylic acids is 1. The molecule has 2 unspecified atom stereocenters. The zero-order valence-electron chi connectivity index (χ0n) is 12.7.